The maximum Gasteiger partial charge on any atom is 0.418 e. The number of aryl methyl sites for hydroxylation is 2. The summed E-state index contributed by atoms with van der Waals surface area (Å²) in [4.78, 5) is 12.9. The van der Waals surface area contributed by atoms with E-state index < -0.39 is 63.5 Å². The van der Waals surface area contributed by atoms with Crippen LogP contribution in [0.2, 0.25) is 10.3 Å². The number of hydrogen-bond donors (Lipinski definition) is 2. The van der Waals surface area contributed by atoms with Crippen molar-refractivity contribution in [1.29, 1.82) is 0 Å². The van der Waals surface area contributed by atoms with Gasteiger partial charge >= 0.3 is 24.7 Å². The highest BCUT2D eigenvalue weighted by atomic mass is 35.5. The van der Waals surface area contributed by atoms with E-state index in [-0.39, 0.29) is 39.6 Å². The van der Waals surface area contributed by atoms with Crippen molar-refractivity contribution in [3.63, 3.8) is 0 Å². The zero-order valence-corrected chi connectivity index (χ0v) is 32.6. The molecule has 320 valence electrons. The second-order valence-corrected chi connectivity index (χ2v) is 14.3. The molecule has 0 saturated heterocycles. The van der Waals surface area contributed by atoms with Gasteiger partial charge in [-0.15, -0.1) is 20.4 Å². The van der Waals surface area contributed by atoms with E-state index in [1.807, 2.05) is 0 Å². The fraction of sp³-hybridized carbons (Fsp3) is 0.150. The fourth-order valence-electron chi connectivity index (χ4n) is 6.09. The van der Waals surface area contributed by atoms with Gasteiger partial charge in [-0.25, -0.2) is 9.97 Å². The SMILES string of the molecule is Cc1cc(-c2ccc(-c3nc4c(C(F)(F)F)cc(C(F)(F)F)cc4[nH]3)cc2)nnc1Cl.Cc1cc(-c2ccc(-c3nc4cc(C(F)(F)F)cc(C(F)(F)F)c4[nH]3)cc2)nnc1Cl. The van der Waals surface area contributed by atoms with E-state index in [1.165, 1.54) is 0 Å². The molecule has 0 fully saturated rings. The predicted molar refractivity (Wildman–Crippen MR) is 205 cm³/mol. The van der Waals surface area contributed by atoms with Gasteiger partial charge < -0.3 is 9.97 Å². The highest BCUT2D eigenvalue weighted by molar-refractivity contribution is 6.30. The van der Waals surface area contributed by atoms with Crippen LogP contribution in [0.25, 0.3) is 67.4 Å². The topological polar surface area (TPSA) is 109 Å². The van der Waals surface area contributed by atoms with Gasteiger partial charge in [-0.1, -0.05) is 71.7 Å². The van der Waals surface area contributed by atoms with Gasteiger partial charge in [0.1, 0.15) is 17.2 Å². The molecule has 8 aromatic rings. The lowest BCUT2D eigenvalue weighted by molar-refractivity contribution is -0.143. The molecule has 0 aliphatic heterocycles. The van der Waals surface area contributed by atoms with E-state index in [9.17, 15) is 52.7 Å². The third-order valence-electron chi connectivity index (χ3n) is 9.20. The molecule has 8 rings (SSSR count). The third-order valence-corrected chi connectivity index (χ3v) is 9.95. The molecule has 0 unspecified atom stereocenters. The molecule has 4 aromatic heterocycles. The van der Waals surface area contributed by atoms with Crippen molar-refractivity contribution in [1.82, 2.24) is 40.3 Å². The standard InChI is InChI=1S/2C20H11ClF6N4/c2*1-9-6-14(30-31-17(9)21)10-2-4-11(5-3-10)18-28-15-8-12(19(22,23)24)7-13(16(15)29-18)20(25,26)27/h2*2-8H,1H3,(H,28,29). The minimum Gasteiger partial charge on any atom is -0.338 e. The first kappa shape index (κ1) is 43.8. The van der Waals surface area contributed by atoms with Crippen molar-refractivity contribution < 1.29 is 52.7 Å². The summed E-state index contributed by atoms with van der Waals surface area (Å²) in [7, 11) is 0. The Morgan fingerprint density at radius 1 is 0.452 bits per heavy atom. The normalized spacial score (nSPS) is 12.5. The molecule has 2 N–H and O–H groups in total. The number of aromatic nitrogens is 8. The molecule has 0 radical (unpaired) electrons. The zero-order valence-electron chi connectivity index (χ0n) is 31.1. The van der Waals surface area contributed by atoms with E-state index >= 15 is 0 Å². The number of fused-ring (bicyclic) bond motifs is 2. The first-order valence-corrected chi connectivity index (χ1v) is 18.2. The number of benzene rings is 4. The van der Waals surface area contributed by atoms with E-state index in [2.05, 4.69) is 40.3 Å². The molecule has 62 heavy (non-hydrogen) atoms. The summed E-state index contributed by atoms with van der Waals surface area (Å²) in [6, 6.07) is 17.6. The minimum atomic E-state index is -5.00. The van der Waals surface area contributed by atoms with Crippen LogP contribution in [0.15, 0.2) is 84.9 Å². The van der Waals surface area contributed by atoms with Crippen molar-refractivity contribution in [2.75, 3.05) is 0 Å². The Balaban J connectivity index is 0.000000186. The van der Waals surface area contributed by atoms with Crippen LogP contribution in [0.4, 0.5) is 52.7 Å². The Kier molecular flexibility index (Phi) is 11.2. The molecule has 0 aliphatic carbocycles. The van der Waals surface area contributed by atoms with Crippen LogP contribution in [0.1, 0.15) is 33.4 Å². The van der Waals surface area contributed by atoms with Crippen LogP contribution in [0.3, 0.4) is 0 Å². The predicted octanol–water partition coefficient (Wildman–Crippen LogP) is 13.4. The van der Waals surface area contributed by atoms with Gasteiger partial charge in [0.05, 0.1) is 50.2 Å². The first-order chi connectivity index (χ1) is 28.9. The fourth-order valence-corrected chi connectivity index (χ4v) is 6.28. The summed E-state index contributed by atoms with van der Waals surface area (Å²) in [5.74, 6) is 0.00879. The summed E-state index contributed by atoms with van der Waals surface area (Å²) in [5, 5.41) is 16.1. The van der Waals surface area contributed by atoms with Crippen molar-refractivity contribution in [3.8, 4) is 45.3 Å². The lowest BCUT2D eigenvalue weighted by atomic mass is 10.1. The molecule has 0 saturated carbocycles. The van der Waals surface area contributed by atoms with Crippen molar-refractivity contribution in [2.45, 2.75) is 38.6 Å². The Labute approximate surface area is 350 Å². The lowest BCUT2D eigenvalue weighted by Crippen LogP contribution is -2.11. The van der Waals surface area contributed by atoms with Crippen molar-refractivity contribution in [3.05, 3.63) is 129 Å². The van der Waals surface area contributed by atoms with Gasteiger partial charge in [0, 0.05) is 22.3 Å². The monoisotopic (exact) mass is 912 g/mol. The zero-order chi connectivity index (χ0) is 45.1. The molecule has 22 heteroatoms. The Morgan fingerprint density at radius 2 is 0.871 bits per heavy atom. The number of H-pyrrole nitrogens is 2. The van der Waals surface area contributed by atoms with Gasteiger partial charge in [-0.2, -0.15) is 52.7 Å². The van der Waals surface area contributed by atoms with E-state index in [4.69, 9.17) is 23.2 Å². The largest absolute Gasteiger partial charge is 0.418 e. The highest BCUT2D eigenvalue weighted by Crippen LogP contribution is 2.42. The van der Waals surface area contributed by atoms with Crippen molar-refractivity contribution in [2.24, 2.45) is 0 Å². The maximum atomic E-state index is 13.4. The molecular weight excluding hydrogens is 891 g/mol. The second kappa shape index (κ2) is 15.9. The summed E-state index contributed by atoms with van der Waals surface area (Å²) in [6.45, 7) is 3.52. The van der Waals surface area contributed by atoms with Crippen LogP contribution < -0.4 is 0 Å². The average Bonchev–Trinajstić information content (AvgIpc) is 3.83. The average molecular weight is 914 g/mol. The quantitative estimate of drug-likeness (QED) is 0.170. The highest BCUT2D eigenvalue weighted by Gasteiger charge is 2.40. The Morgan fingerprint density at radius 3 is 1.31 bits per heavy atom. The molecule has 8 nitrogen and oxygen atoms in total. The Bertz CT molecular complexity index is 2750. The molecule has 0 amide bonds. The smallest absolute Gasteiger partial charge is 0.338 e. The second-order valence-electron chi connectivity index (χ2n) is 13.6. The van der Waals surface area contributed by atoms with E-state index in [0.717, 1.165) is 0 Å². The van der Waals surface area contributed by atoms with Gasteiger partial charge in [-0.3, -0.25) is 0 Å². The van der Waals surface area contributed by atoms with Crippen LogP contribution in [-0.2, 0) is 24.7 Å². The van der Waals surface area contributed by atoms with Crippen molar-refractivity contribution >= 4 is 45.3 Å². The van der Waals surface area contributed by atoms with Gasteiger partial charge in [-0.05, 0) is 61.4 Å². The molecule has 4 heterocycles. The number of rotatable bonds is 4. The van der Waals surface area contributed by atoms with Crippen LogP contribution >= 0.6 is 23.2 Å². The number of imidazole rings is 2. The summed E-state index contributed by atoms with van der Waals surface area (Å²) in [5.41, 5.74) is -2.99. The summed E-state index contributed by atoms with van der Waals surface area (Å²) in [6.07, 6.45) is -19.9. The van der Waals surface area contributed by atoms with E-state index in [0.29, 0.717) is 56.9 Å². The Hall–Kier alpha value is -6.28. The number of halogens is 14. The molecule has 0 aliphatic rings. The number of nitrogens with zero attached hydrogens (tertiary/aromatic N) is 6. The number of aromatic amines is 2. The summed E-state index contributed by atoms with van der Waals surface area (Å²) < 4.78 is 158. The number of alkyl halides is 12. The van der Waals surface area contributed by atoms with Gasteiger partial charge in [0.25, 0.3) is 0 Å². The van der Waals surface area contributed by atoms with Gasteiger partial charge in [0.2, 0.25) is 0 Å². The number of nitrogens with one attached hydrogen (secondary N) is 2. The van der Waals surface area contributed by atoms with Crippen LogP contribution in [-0.4, -0.2) is 40.3 Å². The molecule has 4 aromatic carbocycles. The van der Waals surface area contributed by atoms with Crippen LogP contribution in [0.5, 0.6) is 0 Å². The molecule has 0 atom stereocenters. The molecule has 0 bridgehead atoms. The summed E-state index contributed by atoms with van der Waals surface area (Å²) >= 11 is 11.7. The molecule has 0 spiro atoms. The lowest BCUT2D eigenvalue weighted by Gasteiger charge is -2.12. The molecular formula is C40H22Cl2F12N8. The van der Waals surface area contributed by atoms with E-state index in [1.54, 1.807) is 74.5 Å². The minimum absolute atomic E-state index is 0.00439. The third kappa shape index (κ3) is 9.15. The van der Waals surface area contributed by atoms with Gasteiger partial charge in [0.15, 0.2) is 10.3 Å². The maximum absolute atomic E-state index is 13.4. The van der Waals surface area contributed by atoms with Crippen LogP contribution in [0, 0.1) is 13.8 Å². The number of hydrogen-bond acceptors (Lipinski definition) is 6. The first-order valence-electron chi connectivity index (χ1n) is 17.4.